The molecular weight excluding hydrogens is 385 g/mol. The van der Waals surface area contributed by atoms with Crippen LogP contribution in [0, 0.1) is 28.2 Å². The van der Waals surface area contributed by atoms with Crippen LogP contribution in [-0.4, -0.2) is 12.3 Å². The number of nitrogens with zero attached hydrogens (tertiary/aromatic N) is 1. The Kier molecular flexibility index (Phi) is 39.2. The van der Waals surface area contributed by atoms with E-state index in [4.69, 9.17) is 0 Å². The van der Waals surface area contributed by atoms with Gasteiger partial charge in [0, 0.05) is 38.1 Å². The van der Waals surface area contributed by atoms with E-state index in [0.717, 1.165) is 6.54 Å². The largest absolute Gasteiger partial charge is 0.358 e. The van der Waals surface area contributed by atoms with Gasteiger partial charge in [0.25, 0.3) is 0 Å². The molecule has 0 aromatic rings. The van der Waals surface area contributed by atoms with Gasteiger partial charge in [-0.2, -0.15) is 0 Å². The van der Waals surface area contributed by atoms with Gasteiger partial charge in [-0.1, -0.05) is 52.9 Å². The third kappa shape index (κ3) is 21.8. The monoisotopic (exact) mass is 422 g/mol. The van der Waals surface area contributed by atoms with Crippen molar-refractivity contribution in [2.75, 3.05) is 6.54 Å². The normalized spacial score (nSPS) is 9.72. The number of aliphatic imine (C=N–C) groups is 1. The van der Waals surface area contributed by atoms with Crippen molar-refractivity contribution >= 4 is 5.71 Å². The van der Waals surface area contributed by atoms with Gasteiger partial charge >= 0.3 is 0 Å². The molecule has 0 aromatic heterocycles. The summed E-state index contributed by atoms with van der Waals surface area (Å²) in [4.78, 5) is 4.56. The number of hydrogen-bond donors (Lipinski definition) is 0. The zero-order valence-electron chi connectivity index (χ0n) is 14.0. The first-order valence-electron chi connectivity index (χ1n) is 6.19. The summed E-state index contributed by atoms with van der Waals surface area (Å²) >= 11 is 0. The smallest absolute Gasteiger partial charge is 0.0388 e. The molecule has 0 aliphatic carbocycles. The summed E-state index contributed by atoms with van der Waals surface area (Å²) in [5.74, 6) is 0.620. The molecule has 0 saturated heterocycles. The second kappa shape index (κ2) is 22.7. The van der Waals surface area contributed by atoms with Crippen LogP contribution in [0.5, 0.6) is 0 Å². The van der Waals surface area contributed by atoms with E-state index >= 15 is 0 Å². The van der Waals surface area contributed by atoms with Crippen LogP contribution in [0.4, 0.5) is 0 Å². The van der Waals surface area contributed by atoms with Gasteiger partial charge < -0.3 is 22.3 Å². The van der Waals surface area contributed by atoms with Gasteiger partial charge in [0.05, 0.1) is 0 Å². The predicted octanol–water partition coefficient (Wildman–Crippen LogP) is 5.81. The molecular formula is C16H36HfN-3. The van der Waals surface area contributed by atoms with E-state index in [-0.39, 0.29) is 48.1 Å². The molecule has 0 amide bonds. The van der Waals surface area contributed by atoms with E-state index in [1.54, 1.807) is 0 Å². The summed E-state index contributed by atoms with van der Waals surface area (Å²) in [5.41, 5.74) is 1.30. The second-order valence-electron chi connectivity index (χ2n) is 4.45. The van der Waals surface area contributed by atoms with Crippen molar-refractivity contribution in [2.24, 2.45) is 10.9 Å². The summed E-state index contributed by atoms with van der Waals surface area (Å²) in [6, 6.07) is 0. The average molecular weight is 421 g/mol. The SMILES string of the molecule is CCCCCCCCN=C(C)C(C)C.[CH3-].[CH3-].[CH3-].[Hf]. The first kappa shape index (κ1) is 31.1. The average Bonchev–Trinajstić information content (AvgIpc) is 2.16. The molecule has 0 bridgehead atoms. The predicted molar refractivity (Wildman–Crippen MR) is 85.4 cm³/mol. The molecule has 0 unspecified atom stereocenters. The molecule has 0 saturated carbocycles. The first-order valence-corrected chi connectivity index (χ1v) is 6.19. The van der Waals surface area contributed by atoms with Gasteiger partial charge in [-0.25, -0.2) is 0 Å². The third-order valence-electron chi connectivity index (χ3n) is 2.71. The van der Waals surface area contributed by atoms with Crippen molar-refractivity contribution in [3.05, 3.63) is 22.3 Å². The molecule has 0 aromatic carbocycles. The Morgan fingerprint density at radius 1 is 0.889 bits per heavy atom. The van der Waals surface area contributed by atoms with Crippen molar-refractivity contribution < 1.29 is 25.8 Å². The summed E-state index contributed by atoms with van der Waals surface area (Å²) in [6.07, 6.45) is 8.16. The molecule has 0 spiro atoms. The Morgan fingerprint density at radius 3 is 1.78 bits per heavy atom. The van der Waals surface area contributed by atoms with Crippen LogP contribution in [0.25, 0.3) is 0 Å². The molecule has 0 aliphatic heterocycles. The molecule has 0 aliphatic rings. The van der Waals surface area contributed by atoms with Crippen LogP contribution in [-0.2, 0) is 25.8 Å². The Labute approximate surface area is 137 Å². The molecule has 0 radical (unpaired) electrons. The van der Waals surface area contributed by atoms with Crippen LogP contribution in [0.2, 0.25) is 0 Å². The van der Waals surface area contributed by atoms with Gasteiger partial charge in [0.2, 0.25) is 0 Å². The van der Waals surface area contributed by atoms with Gasteiger partial charge in [0.1, 0.15) is 0 Å². The number of unbranched alkanes of at least 4 members (excludes halogenated alkanes) is 5. The summed E-state index contributed by atoms with van der Waals surface area (Å²) < 4.78 is 0. The Hall–Kier alpha value is 0.540. The molecule has 1 nitrogen and oxygen atoms in total. The van der Waals surface area contributed by atoms with Gasteiger partial charge in [0.15, 0.2) is 0 Å². The molecule has 0 heterocycles. The van der Waals surface area contributed by atoms with Crippen molar-refractivity contribution in [3.63, 3.8) is 0 Å². The van der Waals surface area contributed by atoms with Gasteiger partial charge in [-0.3, -0.25) is 4.99 Å². The Balaban J connectivity index is -0.000000141. The van der Waals surface area contributed by atoms with Crippen molar-refractivity contribution in [1.29, 1.82) is 0 Å². The molecule has 2 heteroatoms. The van der Waals surface area contributed by atoms with Crippen LogP contribution < -0.4 is 0 Å². The minimum absolute atomic E-state index is 0. The van der Waals surface area contributed by atoms with E-state index in [9.17, 15) is 0 Å². The van der Waals surface area contributed by atoms with E-state index < -0.39 is 0 Å². The number of rotatable bonds is 8. The first-order chi connectivity index (χ1) is 6.68. The third-order valence-corrected chi connectivity index (χ3v) is 2.71. The van der Waals surface area contributed by atoms with Crippen LogP contribution in [0.3, 0.4) is 0 Å². The zero-order chi connectivity index (χ0) is 10.8. The molecule has 0 rings (SSSR count). The molecule has 18 heavy (non-hydrogen) atoms. The fourth-order valence-corrected chi connectivity index (χ4v) is 1.33. The fourth-order valence-electron chi connectivity index (χ4n) is 1.33. The maximum absolute atomic E-state index is 4.56. The summed E-state index contributed by atoms with van der Waals surface area (Å²) in [6.45, 7) is 9.86. The van der Waals surface area contributed by atoms with Crippen LogP contribution >= 0.6 is 0 Å². The van der Waals surface area contributed by atoms with Crippen LogP contribution in [0.15, 0.2) is 4.99 Å². The molecule has 0 atom stereocenters. The van der Waals surface area contributed by atoms with E-state index in [2.05, 4.69) is 32.7 Å². The quantitative estimate of drug-likeness (QED) is 0.203. The molecule has 0 N–H and O–H groups in total. The van der Waals surface area contributed by atoms with Crippen molar-refractivity contribution in [1.82, 2.24) is 0 Å². The topological polar surface area (TPSA) is 12.4 Å². The number of hydrogen-bond acceptors (Lipinski definition) is 1. The van der Waals surface area contributed by atoms with Crippen molar-refractivity contribution in [2.45, 2.75) is 66.2 Å². The van der Waals surface area contributed by atoms with Gasteiger partial charge in [-0.05, 0) is 19.3 Å². The molecule has 0 fully saturated rings. The standard InChI is InChI=1S/C13H27N.3CH3.Hf/c1-5-6-7-8-9-10-11-14-13(4)12(2)3;;;;/h12H,5-11H2,1-4H3;3*1H3;/q;3*-1;. The summed E-state index contributed by atoms with van der Waals surface area (Å²) in [7, 11) is 0. The van der Waals surface area contributed by atoms with Crippen LogP contribution in [0.1, 0.15) is 66.2 Å². The Bertz CT molecular complexity index is 153. The zero-order valence-corrected chi connectivity index (χ0v) is 17.6. The van der Waals surface area contributed by atoms with Gasteiger partial charge in [-0.15, -0.1) is 0 Å². The van der Waals surface area contributed by atoms with E-state index in [1.165, 1.54) is 44.2 Å². The van der Waals surface area contributed by atoms with Crippen molar-refractivity contribution in [3.8, 4) is 0 Å². The fraction of sp³-hybridized carbons (Fsp3) is 0.750. The molecule has 112 valence electrons. The summed E-state index contributed by atoms with van der Waals surface area (Å²) in [5, 5.41) is 0. The van der Waals surface area contributed by atoms with E-state index in [0.29, 0.717) is 5.92 Å². The second-order valence-corrected chi connectivity index (χ2v) is 4.45. The minimum atomic E-state index is 0. The maximum atomic E-state index is 4.56. The minimum Gasteiger partial charge on any atom is -0.358 e. The van der Waals surface area contributed by atoms with E-state index in [1.807, 2.05) is 0 Å². The Morgan fingerprint density at radius 2 is 1.33 bits per heavy atom. The maximum Gasteiger partial charge on any atom is 0.0388 e.